The summed E-state index contributed by atoms with van der Waals surface area (Å²) in [6, 6.07) is 15.8. The van der Waals surface area contributed by atoms with E-state index in [0.717, 1.165) is 49.6 Å². The molecule has 28 heavy (non-hydrogen) atoms. The van der Waals surface area contributed by atoms with E-state index in [1.54, 1.807) is 11.3 Å². The highest BCUT2D eigenvalue weighted by Crippen LogP contribution is 2.21. The molecule has 0 atom stereocenters. The number of piperazine rings is 1. The molecule has 4 rings (SSSR count). The van der Waals surface area contributed by atoms with Gasteiger partial charge in [-0.3, -0.25) is 4.79 Å². The van der Waals surface area contributed by atoms with E-state index in [2.05, 4.69) is 18.2 Å². The fraction of sp³-hybridized carbons (Fsp3) is 0.364. The zero-order valence-electron chi connectivity index (χ0n) is 16.4. The Hall–Kier alpha value is -2.44. The maximum atomic E-state index is 12.8. The Balaban J connectivity index is 1.32. The molecule has 1 saturated heterocycles. The minimum Gasteiger partial charge on any atom is -0.491 e. The maximum Gasteiger partial charge on any atom is 0.254 e. The number of carbonyl (C=O) groups excluding carboxylic acids is 1. The summed E-state index contributed by atoms with van der Waals surface area (Å²) in [6.45, 7) is 8.39. The second-order valence-corrected chi connectivity index (χ2v) is 8.60. The highest BCUT2D eigenvalue weighted by atomic mass is 32.1. The van der Waals surface area contributed by atoms with Crippen LogP contribution < -0.4 is 9.64 Å². The van der Waals surface area contributed by atoms with Crippen molar-refractivity contribution in [3.05, 3.63) is 59.1 Å². The topological polar surface area (TPSA) is 46.9 Å². The number of nitrogens with one attached hydrogen (secondary N) is 1. The fourth-order valence-corrected chi connectivity index (χ4v) is 4.58. The summed E-state index contributed by atoms with van der Waals surface area (Å²) >= 11 is 1.78. The van der Waals surface area contributed by atoms with Crippen LogP contribution in [0.1, 0.15) is 29.2 Å². The normalized spacial score (nSPS) is 15.3. The molecule has 1 amide bonds. The van der Waals surface area contributed by atoms with Gasteiger partial charge in [-0.15, -0.1) is 11.3 Å². The average molecular weight is 397 g/mol. The number of ether oxygens (including phenoxy) is 1. The van der Waals surface area contributed by atoms with E-state index in [9.17, 15) is 4.79 Å². The van der Waals surface area contributed by atoms with Crippen LogP contribution in [0.3, 0.4) is 0 Å². The minimum atomic E-state index is 0.107. The molecule has 146 valence electrons. The molecule has 5 nitrogen and oxygen atoms in total. The minimum absolute atomic E-state index is 0.107. The van der Waals surface area contributed by atoms with E-state index in [0.29, 0.717) is 0 Å². The number of carbonyl (C=O) groups is 1. The van der Waals surface area contributed by atoms with Gasteiger partial charge in [0, 0.05) is 5.56 Å². The third-order valence-corrected chi connectivity index (χ3v) is 6.01. The summed E-state index contributed by atoms with van der Waals surface area (Å²) < 4.78 is 6.90. The molecule has 1 N–H and O–H groups in total. The van der Waals surface area contributed by atoms with Crippen LogP contribution in [0.15, 0.2) is 48.5 Å². The molecule has 0 bridgehead atoms. The SMILES string of the molecule is CC(C)Oc1ccc(C(=O)N2CC[NH+](Cc3nc4ccccc4s3)CC2)cc1. The van der Waals surface area contributed by atoms with Crippen molar-refractivity contribution in [1.29, 1.82) is 0 Å². The van der Waals surface area contributed by atoms with E-state index in [-0.39, 0.29) is 12.0 Å². The van der Waals surface area contributed by atoms with Crippen molar-refractivity contribution in [3.63, 3.8) is 0 Å². The number of amides is 1. The lowest BCUT2D eigenvalue weighted by Gasteiger charge is -2.31. The van der Waals surface area contributed by atoms with E-state index >= 15 is 0 Å². The van der Waals surface area contributed by atoms with Gasteiger partial charge in [0.2, 0.25) is 0 Å². The molecule has 6 heteroatoms. The highest BCUT2D eigenvalue weighted by Gasteiger charge is 2.25. The molecule has 1 fully saturated rings. The van der Waals surface area contributed by atoms with E-state index in [1.807, 2.05) is 49.1 Å². The van der Waals surface area contributed by atoms with Gasteiger partial charge in [-0.05, 0) is 50.2 Å². The first-order valence-electron chi connectivity index (χ1n) is 9.82. The van der Waals surface area contributed by atoms with Crippen LogP contribution in [0, 0.1) is 0 Å². The van der Waals surface area contributed by atoms with Crippen molar-refractivity contribution >= 4 is 27.5 Å². The third kappa shape index (κ3) is 4.34. The fourth-order valence-electron chi connectivity index (χ4n) is 3.54. The Labute approximate surface area is 169 Å². The Morgan fingerprint density at radius 2 is 1.86 bits per heavy atom. The summed E-state index contributed by atoms with van der Waals surface area (Å²) in [5, 5.41) is 1.18. The number of benzene rings is 2. The van der Waals surface area contributed by atoms with Crippen LogP contribution >= 0.6 is 11.3 Å². The largest absolute Gasteiger partial charge is 0.491 e. The van der Waals surface area contributed by atoms with Crippen LogP contribution in [-0.4, -0.2) is 48.1 Å². The molecule has 2 aromatic carbocycles. The molecule has 0 saturated carbocycles. The highest BCUT2D eigenvalue weighted by molar-refractivity contribution is 7.18. The van der Waals surface area contributed by atoms with Crippen LogP contribution in [0.4, 0.5) is 0 Å². The summed E-state index contributed by atoms with van der Waals surface area (Å²) in [4.78, 5) is 21.0. The van der Waals surface area contributed by atoms with Crippen LogP contribution in [0.5, 0.6) is 5.75 Å². The van der Waals surface area contributed by atoms with Gasteiger partial charge in [-0.25, -0.2) is 4.98 Å². The van der Waals surface area contributed by atoms with Crippen molar-refractivity contribution in [3.8, 4) is 5.75 Å². The first kappa shape index (κ1) is 18.9. The van der Waals surface area contributed by atoms with Gasteiger partial charge >= 0.3 is 0 Å². The lowest BCUT2D eigenvalue weighted by molar-refractivity contribution is -0.917. The number of para-hydroxylation sites is 1. The maximum absolute atomic E-state index is 12.8. The zero-order valence-corrected chi connectivity index (χ0v) is 17.2. The number of thiazole rings is 1. The third-order valence-electron chi connectivity index (χ3n) is 4.97. The number of aromatic nitrogens is 1. The van der Waals surface area contributed by atoms with E-state index in [1.165, 1.54) is 14.6 Å². The second kappa shape index (κ2) is 8.29. The molecular weight excluding hydrogens is 370 g/mol. The summed E-state index contributed by atoms with van der Waals surface area (Å²) in [6.07, 6.45) is 0.132. The van der Waals surface area contributed by atoms with Crippen molar-refractivity contribution < 1.29 is 14.4 Å². The molecule has 0 aliphatic carbocycles. The molecular formula is C22H26N3O2S+. The van der Waals surface area contributed by atoms with Gasteiger partial charge in [0.1, 0.15) is 17.3 Å². The lowest BCUT2D eigenvalue weighted by atomic mass is 10.1. The zero-order chi connectivity index (χ0) is 19.5. The average Bonchev–Trinajstić information content (AvgIpc) is 3.10. The van der Waals surface area contributed by atoms with E-state index in [4.69, 9.17) is 9.72 Å². The Morgan fingerprint density at radius 3 is 2.54 bits per heavy atom. The monoisotopic (exact) mass is 396 g/mol. The van der Waals surface area contributed by atoms with Gasteiger partial charge < -0.3 is 14.5 Å². The van der Waals surface area contributed by atoms with Crippen LogP contribution in [0.2, 0.25) is 0 Å². The lowest BCUT2D eigenvalue weighted by Crippen LogP contribution is -3.13. The molecule has 0 spiro atoms. The molecule has 0 radical (unpaired) electrons. The van der Waals surface area contributed by atoms with Gasteiger partial charge in [-0.2, -0.15) is 0 Å². The standard InChI is InChI=1S/C22H25N3O2S/c1-16(2)27-18-9-7-17(8-10-18)22(26)25-13-11-24(12-14-25)15-21-23-19-5-3-4-6-20(19)28-21/h3-10,16H,11-15H2,1-2H3/p+1. The van der Waals surface area contributed by atoms with Crippen molar-refractivity contribution in [1.82, 2.24) is 9.88 Å². The summed E-state index contributed by atoms with van der Waals surface area (Å²) in [7, 11) is 0. The van der Waals surface area contributed by atoms with Crippen LogP contribution in [-0.2, 0) is 6.54 Å². The molecule has 0 unspecified atom stereocenters. The molecule has 1 aliphatic heterocycles. The number of nitrogens with zero attached hydrogens (tertiary/aromatic N) is 2. The van der Waals surface area contributed by atoms with Gasteiger partial charge in [0.25, 0.3) is 5.91 Å². The van der Waals surface area contributed by atoms with E-state index < -0.39 is 0 Å². The number of fused-ring (bicyclic) bond motifs is 1. The van der Waals surface area contributed by atoms with Crippen LogP contribution in [0.25, 0.3) is 10.2 Å². The van der Waals surface area contributed by atoms with Crippen molar-refractivity contribution in [2.45, 2.75) is 26.5 Å². The first-order chi connectivity index (χ1) is 13.6. The second-order valence-electron chi connectivity index (χ2n) is 7.49. The van der Waals surface area contributed by atoms with Gasteiger partial charge in [0.15, 0.2) is 0 Å². The molecule has 2 heterocycles. The van der Waals surface area contributed by atoms with Gasteiger partial charge in [0.05, 0.1) is 42.5 Å². The van der Waals surface area contributed by atoms with Gasteiger partial charge in [-0.1, -0.05) is 12.1 Å². The number of hydrogen-bond donors (Lipinski definition) is 1. The Morgan fingerprint density at radius 1 is 1.14 bits per heavy atom. The quantitative estimate of drug-likeness (QED) is 0.721. The van der Waals surface area contributed by atoms with Crippen molar-refractivity contribution in [2.75, 3.05) is 26.2 Å². The smallest absolute Gasteiger partial charge is 0.254 e. The number of rotatable bonds is 5. The number of quaternary nitrogens is 1. The Bertz CT molecular complexity index is 911. The molecule has 3 aromatic rings. The predicted octanol–water partition coefficient (Wildman–Crippen LogP) is 2.62. The summed E-state index contributed by atoms with van der Waals surface area (Å²) in [5.41, 5.74) is 1.81. The Kier molecular flexibility index (Phi) is 5.59. The number of hydrogen-bond acceptors (Lipinski definition) is 4. The summed E-state index contributed by atoms with van der Waals surface area (Å²) in [5.74, 6) is 0.909. The van der Waals surface area contributed by atoms with Crippen molar-refractivity contribution in [2.24, 2.45) is 0 Å². The first-order valence-corrected chi connectivity index (χ1v) is 10.6. The molecule has 1 aromatic heterocycles. The molecule has 1 aliphatic rings. The predicted molar refractivity (Wildman–Crippen MR) is 112 cm³/mol.